The molecule has 0 atom stereocenters. The molecular formula is C12H11BrN4O2S. The number of H-pyrrole nitrogens is 1. The average molecular weight is 355 g/mol. The van der Waals surface area contributed by atoms with E-state index < -0.39 is 0 Å². The van der Waals surface area contributed by atoms with Crippen molar-refractivity contribution in [2.75, 3.05) is 0 Å². The maximum atomic E-state index is 11.0. The molecule has 104 valence electrons. The van der Waals surface area contributed by atoms with Gasteiger partial charge in [0.25, 0.3) is 5.56 Å². The summed E-state index contributed by atoms with van der Waals surface area (Å²) in [6.45, 7) is 0.246. The molecule has 3 aromatic rings. The van der Waals surface area contributed by atoms with Crippen LogP contribution in [0.2, 0.25) is 0 Å². The van der Waals surface area contributed by atoms with Gasteiger partial charge in [-0.25, -0.2) is 4.68 Å². The molecule has 0 aromatic carbocycles. The summed E-state index contributed by atoms with van der Waals surface area (Å²) in [5.41, 5.74) is 1.75. The van der Waals surface area contributed by atoms with Crippen molar-refractivity contribution >= 4 is 28.3 Å². The minimum atomic E-state index is -0.295. The highest BCUT2D eigenvalue weighted by atomic mass is 79.9. The van der Waals surface area contributed by atoms with Crippen molar-refractivity contribution in [3.8, 4) is 11.3 Å². The van der Waals surface area contributed by atoms with Crippen molar-refractivity contribution in [1.82, 2.24) is 14.9 Å². The summed E-state index contributed by atoms with van der Waals surface area (Å²) in [6, 6.07) is 6.79. The summed E-state index contributed by atoms with van der Waals surface area (Å²) in [6.07, 6.45) is 0. The Hall–Kier alpha value is -1.93. The van der Waals surface area contributed by atoms with Gasteiger partial charge in [0.05, 0.1) is 5.69 Å². The fourth-order valence-corrected chi connectivity index (χ4v) is 2.34. The first-order valence-electron chi connectivity index (χ1n) is 5.55. The van der Waals surface area contributed by atoms with Gasteiger partial charge in [0, 0.05) is 17.0 Å². The maximum Gasteiger partial charge on any atom is 0.280 e. The Kier molecular flexibility index (Phi) is 4.35. The molecule has 0 radical (unpaired) electrons. The van der Waals surface area contributed by atoms with Crippen LogP contribution in [0.15, 0.2) is 44.3 Å². The number of hydrogen-bond acceptors (Lipinski definition) is 5. The normalized spacial score (nSPS) is 10.2. The number of halogens is 1. The van der Waals surface area contributed by atoms with E-state index in [4.69, 9.17) is 9.93 Å². The van der Waals surface area contributed by atoms with Crippen molar-refractivity contribution in [3.63, 3.8) is 0 Å². The molecule has 0 fully saturated rings. The summed E-state index contributed by atoms with van der Waals surface area (Å²) < 4.78 is 6.46. The highest BCUT2D eigenvalue weighted by Crippen LogP contribution is 2.18. The molecule has 20 heavy (non-hydrogen) atoms. The number of rotatable bonds is 3. The third-order valence-electron chi connectivity index (χ3n) is 2.60. The first-order chi connectivity index (χ1) is 9.22. The van der Waals surface area contributed by atoms with Crippen LogP contribution in [0.5, 0.6) is 0 Å². The first-order valence-corrected chi connectivity index (χ1v) is 6.49. The molecule has 0 aliphatic carbocycles. The SMILES string of the molecule is Br.N=c1ccc(-c2ccsc2)nn1Cc1cc(=O)[nH]o1. The summed E-state index contributed by atoms with van der Waals surface area (Å²) in [5.74, 6) is 0.443. The minimum Gasteiger partial charge on any atom is -0.382 e. The fourth-order valence-electron chi connectivity index (χ4n) is 1.69. The van der Waals surface area contributed by atoms with Gasteiger partial charge in [-0.05, 0) is 23.6 Å². The summed E-state index contributed by atoms with van der Waals surface area (Å²) in [7, 11) is 0. The van der Waals surface area contributed by atoms with E-state index in [1.165, 1.54) is 10.7 Å². The fraction of sp³-hybridized carbons (Fsp3) is 0.0833. The zero-order valence-corrected chi connectivity index (χ0v) is 12.7. The van der Waals surface area contributed by atoms with Crippen LogP contribution in [0, 0.1) is 5.41 Å². The molecule has 3 rings (SSSR count). The van der Waals surface area contributed by atoms with E-state index in [0.717, 1.165) is 11.3 Å². The maximum absolute atomic E-state index is 11.0. The average Bonchev–Trinajstić information content (AvgIpc) is 3.04. The minimum absolute atomic E-state index is 0. The van der Waals surface area contributed by atoms with Gasteiger partial charge >= 0.3 is 0 Å². The van der Waals surface area contributed by atoms with E-state index in [0.29, 0.717) is 5.76 Å². The van der Waals surface area contributed by atoms with Gasteiger partial charge in [-0.2, -0.15) is 21.6 Å². The van der Waals surface area contributed by atoms with Crippen molar-refractivity contribution in [3.05, 3.63) is 56.6 Å². The molecule has 3 heterocycles. The van der Waals surface area contributed by atoms with Crippen LogP contribution >= 0.6 is 28.3 Å². The van der Waals surface area contributed by atoms with E-state index >= 15 is 0 Å². The molecule has 0 aliphatic rings. The number of nitrogens with one attached hydrogen (secondary N) is 2. The van der Waals surface area contributed by atoms with Crippen LogP contribution in [0.25, 0.3) is 11.3 Å². The molecular weight excluding hydrogens is 344 g/mol. The van der Waals surface area contributed by atoms with Crippen LogP contribution < -0.4 is 11.0 Å². The quantitative estimate of drug-likeness (QED) is 0.753. The predicted octanol–water partition coefficient (Wildman–Crippen LogP) is 2.00. The molecule has 3 aromatic heterocycles. The molecule has 0 saturated carbocycles. The monoisotopic (exact) mass is 354 g/mol. The van der Waals surface area contributed by atoms with Crippen LogP contribution in [-0.4, -0.2) is 14.9 Å². The third-order valence-corrected chi connectivity index (χ3v) is 3.29. The van der Waals surface area contributed by atoms with Crippen LogP contribution in [0.1, 0.15) is 5.76 Å². The predicted molar refractivity (Wildman–Crippen MR) is 80.1 cm³/mol. The molecule has 0 bridgehead atoms. The lowest BCUT2D eigenvalue weighted by Crippen LogP contribution is -2.22. The Morgan fingerprint density at radius 3 is 2.90 bits per heavy atom. The second-order valence-corrected chi connectivity index (χ2v) is 4.73. The van der Waals surface area contributed by atoms with Gasteiger partial charge in [-0.15, -0.1) is 17.0 Å². The Balaban J connectivity index is 0.00000147. The van der Waals surface area contributed by atoms with Gasteiger partial charge in [0.1, 0.15) is 12.0 Å². The summed E-state index contributed by atoms with van der Waals surface area (Å²) in [5, 5.41) is 18.4. The summed E-state index contributed by atoms with van der Waals surface area (Å²) in [4.78, 5) is 11.0. The van der Waals surface area contributed by atoms with Crippen molar-refractivity contribution < 1.29 is 4.52 Å². The number of aromatic amines is 1. The molecule has 0 aliphatic heterocycles. The van der Waals surface area contributed by atoms with Gasteiger partial charge < -0.3 is 4.52 Å². The molecule has 8 heteroatoms. The van der Waals surface area contributed by atoms with Gasteiger partial charge in [-0.3, -0.25) is 10.2 Å². The number of hydrogen-bond donors (Lipinski definition) is 2. The van der Waals surface area contributed by atoms with Crippen molar-refractivity contribution in [1.29, 1.82) is 5.41 Å². The molecule has 2 N–H and O–H groups in total. The van der Waals surface area contributed by atoms with Crippen LogP contribution in [0.4, 0.5) is 0 Å². The Bertz CT molecular complexity index is 803. The molecule has 0 spiro atoms. The van der Waals surface area contributed by atoms with Crippen molar-refractivity contribution in [2.45, 2.75) is 6.54 Å². The van der Waals surface area contributed by atoms with E-state index in [1.54, 1.807) is 23.5 Å². The molecule has 0 amide bonds. The zero-order valence-electron chi connectivity index (χ0n) is 10.2. The lowest BCUT2D eigenvalue weighted by molar-refractivity contribution is 0.363. The lowest BCUT2D eigenvalue weighted by Gasteiger charge is -2.05. The van der Waals surface area contributed by atoms with Gasteiger partial charge in [0.15, 0.2) is 5.76 Å². The highest BCUT2D eigenvalue weighted by Gasteiger charge is 2.05. The lowest BCUT2D eigenvalue weighted by atomic mass is 10.2. The Morgan fingerprint density at radius 2 is 2.25 bits per heavy atom. The van der Waals surface area contributed by atoms with Crippen LogP contribution in [0.3, 0.4) is 0 Å². The topological polar surface area (TPSA) is 87.7 Å². The highest BCUT2D eigenvalue weighted by molar-refractivity contribution is 8.93. The van der Waals surface area contributed by atoms with Crippen LogP contribution in [-0.2, 0) is 6.54 Å². The van der Waals surface area contributed by atoms with Gasteiger partial charge in [-0.1, -0.05) is 0 Å². The first kappa shape index (κ1) is 14.5. The number of nitrogens with zero attached hydrogens (tertiary/aromatic N) is 2. The van der Waals surface area contributed by atoms with Gasteiger partial charge in [0.2, 0.25) is 0 Å². The van der Waals surface area contributed by atoms with E-state index in [-0.39, 0.29) is 34.6 Å². The molecule has 0 saturated heterocycles. The van der Waals surface area contributed by atoms with E-state index in [2.05, 4.69) is 10.3 Å². The smallest absolute Gasteiger partial charge is 0.280 e. The Labute approximate surface area is 127 Å². The second kappa shape index (κ2) is 6.02. The molecule has 0 unspecified atom stereocenters. The standard InChI is InChI=1S/C12H10N4O2S.BrH/c13-11-2-1-10(8-3-4-19-7-8)14-16(11)6-9-5-12(17)15-18-9;/h1-5,7,13H,6H2,(H,15,17);1H. The van der Waals surface area contributed by atoms with Crippen molar-refractivity contribution in [2.24, 2.45) is 0 Å². The summed E-state index contributed by atoms with van der Waals surface area (Å²) >= 11 is 1.59. The number of aromatic nitrogens is 3. The number of thiophene rings is 1. The zero-order chi connectivity index (χ0) is 13.2. The Morgan fingerprint density at radius 1 is 1.40 bits per heavy atom. The largest absolute Gasteiger partial charge is 0.382 e. The second-order valence-electron chi connectivity index (χ2n) is 3.95. The third kappa shape index (κ3) is 2.97. The van der Waals surface area contributed by atoms with E-state index in [9.17, 15) is 4.79 Å². The molecule has 6 nitrogen and oxygen atoms in total. The van der Waals surface area contributed by atoms with E-state index in [1.807, 2.05) is 16.8 Å².